The second-order valence-electron chi connectivity index (χ2n) is 6.86. The van der Waals surface area contributed by atoms with Crippen molar-refractivity contribution in [2.45, 2.75) is 20.3 Å². The molecule has 0 bridgehead atoms. The van der Waals surface area contributed by atoms with Gasteiger partial charge >= 0.3 is 0 Å². The van der Waals surface area contributed by atoms with E-state index in [0.29, 0.717) is 11.7 Å². The lowest BCUT2D eigenvalue weighted by Crippen LogP contribution is -2.26. The SMILES string of the molecule is CC(C)C/C(=N/NC(=O)COc1ccc2ccccc2c1)c1ccccc1. The number of benzene rings is 3. The summed E-state index contributed by atoms with van der Waals surface area (Å²) in [5, 5.41) is 6.55. The second-order valence-corrected chi connectivity index (χ2v) is 6.86. The molecule has 27 heavy (non-hydrogen) atoms. The lowest BCUT2D eigenvalue weighted by molar-refractivity contribution is -0.123. The van der Waals surface area contributed by atoms with Crippen LogP contribution in [0.4, 0.5) is 0 Å². The Balaban J connectivity index is 1.62. The summed E-state index contributed by atoms with van der Waals surface area (Å²) in [6.45, 7) is 4.18. The molecule has 0 unspecified atom stereocenters. The number of ether oxygens (including phenoxy) is 1. The molecule has 3 aromatic rings. The molecule has 3 rings (SSSR count). The lowest BCUT2D eigenvalue weighted by atomic mass is 10.0. The monoisotopic (exact) mass is 360 g/mol. The van der Waals surface area contributed by atoms with Gasteiger partial charge in [0.2, 0.25) is 0 Å². The molecule has 1 amide bonds. The fourth-order valence-corrected chi connectivity index (χ4v) is 2.81. The Morgan fingerprint density at radius 2 is 1.67 bits per heavy atom. The number of carbonyl (C=O) groups is 1. The van der Waals surface area contributed by atoms with Crippen molar-refractivity contribution in [2.75, 3.05) is 6.61 Å². The second kappa shape index (κ2) is 8.99. The molecule has 0 heterocycles. The van der Waals surface area contributed by atoms with E-state index in [4.69, 9.17) is 4.74 Å². The van der Waals surface area contributed by atoms with Gasteiger partial charge in [0.05, 0.1) is 5.71 Å². The van der Waals surface area contributed by atoms with E-state index in [-0.39, 0.29) is 12.5 Å². The van der Waals surface area contributed by atoms with Crippen molar-refractivity contribution in [1.29, 1.82) is 0 Å². The fourth-order valence-electron chi connectivity index (χ4n) is 2.81. The number of hydrazone groups is 1. The van der Waals surface area contributed by atoms with Gasteiger partial charge in [-0.3, -0.25) is 4.79 Å². The van der Waals surface area contributed by atoms with Crippen LogP contribution in [0.5, 0.6) is 5.75 Å². The molecule has 0 aromatic heterocycles. The number of nitrogens with zero attached hydrogens (tertiary/aromatic N) is 1. The van der Waals surface area contributed by atoms with E-state index in [0.717, 1.165) is 28.5 Å². The Labute approximate surface area is 159 Å². The average Bonchev–Trinajstić information content (AvgIpc) is 2.69. The highest BCUT2D eigenvalue weighted by Crippen LogP contribution is 2.20. The number of fused-ring (bicyclic) bond motifs is 1. The molecule has 3 aromatic carbocycles. The summed E-state index contributed by atoms with van der Waals surface area (Å²) in [6, 6.07) is 23.7. The van der Waals surface area contributed by atoms with Gasteiger partial charge in [-0.05, 0) is 40.8 Å². The molecular formula is C23H24N2O2. The normalized spacial score (nSPS) is 11.6. The molecule has 4 heteroatoms. The molecule has 0 radical (unpaired) electrons. The van der Waals surface area contributed by atoms with Crippen molar-refractivity contribution in [3.63, 3.8) is 0 Å². The van der Waals surface area contributed by atoms with Crippen LogP contribution in [0, 0.1) is 5.92 Å². The minimum atomic E-state index is -0.277. The molecule has 0 spiro atoms. The minimum absolute atomic E-state index is 0.0778. The maximum atomic E-state index is 12.2. The molecular weight excluding hydrogens is 336 g/mol. The lowest BCUT2D eigenvalue weighted by Gasteiger charge is -2.10. The van der Waals surface area contributed by atoms with E-state index in [9.17, 15) is 4.79 Å². The van der Waals surface area contributed by atoms with Crippen molar-refractivity contribution in [3.05, 3.63) is 78.4 Å². The fraction of sp³-hybridized carbons (Fsp3) is 0.217. The molecule has 0 aliphatic heterocycles. The summed E-state index contributed by atoms with van der Waals surface area (Å²) in [5.74, 6) is 0.827. The number of carbonyl (C=O) groups excluding carboxylic acids is 1. The summed E-state index contributed by atoms with van der Waals surface area (Å²) in [5.41, 5.74) is 4.50. The van der Waals surface area contributed by atoms with Crippen molar-refractivity contribution in [2.24, 2.45) is 11.0 Å². The highest BCUT2D eigenvalue weighted by molar-refractivity contribution is 6.01. The summed E-state index contributed by atoms with van der Waals surface area (Å²) < 4.78 is 5.61. The summed E-state index contributed by atoms with van der Waals surface area (Å²) >= 11 is 0. The van der Waals surface area contributed by atoms with Crippen LogP contribution >= 0.6 is 0 Å². The smallest absolute Gasteiger partial charge is 0.277 e. The van der Waals surface area contributed by atoms with Gasteiger partial charge in [0, 0.05) is 0 Å². The largest absolute Gasteiger partial charge is 0.484 e. The average molecular weight is 360 g/mol. The van der Waals surface area contributed by atoms with Crippen LogP contribution < -0.4 is 10.2 Å². The van der Waals surface area contributed by atoms with Gasteiger partial charge in [0.25, 0.3) is 5.91 Å². The zero-order valence-electron chi connectivity index (χ0n) is 15.7. The third kappa shape index (κ3) is 5.42. The molecule has 1 N–H and O–H groups in total. The topological polar surface area (TPSA) is 50.7 Å². The minimum Gasteiger partial charge on any atom is -0.484 e. The third-order valence-corrected chi connectivity index (χ3v) is 4.12. The zero-order chi connectivity index (χ0) is 19.1. The molecule has 4 nitrogen and oxygen atoms in total. The third-order valence-electron chi connectivity index (χ3n) is 4.12. The van der Waals surface area contributed by atoms with Crippen LogP contribution in [0.1, 0.15) is 25.8 Å². The van der Waals surface area contributed by atoms with E-state index in [1.54, 1.807) is 0 Å². The van der Waals surface area contributed by atoms with Gasteiger partial charge < -0.3 is 4.74 Å². The highest BCUT2D eigenvalue weighted by Gasteiger charge is 2.08. The number of rotatable bonds is 7. The number of hydrogen-bond donors (Lipinski definition) is 1. The van der Waals surface area contributed by atoms with Crippen LogP contribution in [0.3, 0.4) is 0 Å². The first-order valence-electron chi connectivity index (χ1n) is 9.14. The number of hydrogen-bond acceptors (Lipinski definition) is 3. The Hall–Kier alpha value is -3.14. The van der Waals surface area contributed by atoms with Crippen molar-refractivity contribution < 1.29 is 9.53 Å². The van der Waals surface area contributed by atoms with Crippen LogP contribution in [0.15, 0.2) is 77.9 Å². The summed E-state index contributed by atoms with van der Waals surface area (Å²) in [7, 11) is 0. The highest BCUT2D eigenvalue weighted by atomic mass is 16.5. The van der Waals surface area contributed by atoms with E-state index in [2.05, 4.69) is 24.4 Å². The zero-order valence-corrected chi connectivity index (χ0v) is 15.7. The van der Waals surface area contributed by atoms with E-state index < -0.39 is 0 Å². The first-order valence-corrected chi connectivity index (χ1v) is 9.14. The van der Waals surface area contributed by atoms with Crippen LogP contribution in [0.2, 0.25) is 0 Å². The summed E-state index contributed by atoms with van der Waals surface area (Å²) in [4.78, 5) is 12.2. The van der Waals surface area contributed by atoms with Crippen LogP contribution in [-0.2, 0) is 4.79 Å². The molecule has 138 valence electrons. The predicted molar refractivity (Wildman–Crippen MR) is 110 cm³/mol. The molecule has 0 saturated heterocycles. The molecule has 0 aliphatic rings. The standard InChI is InChI=1S/C23H24N2O2/c1-17(2)14-22(19-9-4-3-5-10-19)24-25-23(26)16-27-21-13-12-18-8-6-7-11-20(18)15-21/h3-13,15,17H,14,16H2,1-2H3,(H,25,26)/b24-22-. The van der Waals surface area contributed by atoms with Gasteiger partial charge in [-0.15, -0.1) is 0 Å². The van der Waals surface area contributed by atoms with Crippen molar-refractivity contribution in [3.8, 4) is 5.75 Å². The van der Waals surface area contributed by atoms with E-state index in [1.165, 1.54) is 0 Å². The first-order chi connectivity index (χ1) is 13.1. The first kappa shape index (κ1) is 18.6. The Morgan fingerprint density at radius 1 is 0.963 bits per heavy atom. The van der Waals surface area contributed by atoms with Gasteiger partial charge in [-0.25, -0.2) is 5.43 Å². The van der Waals surface area contributed by atoms with Gasteiger partial charge in [0.15, 0.2) is 6.61 Å². The Morgan fingerprint density at radius 3 is 2.41 bits per heavy atom. The van der Waals surface area contributed by atoms with E-state index in [1.807, 2.05) is 72.8 Å². The number of nitrogens with one attached hydrogen (secondary N) is 1. The maximum Gasteiger partial charge on any atom is 0.277 e. The van der Waals surface area contributed by atoms with Crippen molar-refractivity contribution >= 4 is 22.4 Å². The van der Waals surface area contributed by atoms with Crippen molar-refractivity contribution in [1.82, 2.24) is 5.43 Å². The van der Waals surface area contributed by atoms with Crippen LogP contribution in [-0.4, -0.2) is 18.2 Å². The Kier molecular flexibility index (Phi) is 6.21. The summed E-state index contributed by atoms with van der Waals surface area (Å²) in [6.07, 6.45) is 0.788. The van der Waals surface area contributed by atoms with Gasteiger partial charge in [-0.2, -0.15) is 5.10 Å². The van der Waals surface area contributed by atoms with Crippen LogP contribution in [0.25, 0.3) is 10.8 Å². The molecule has 0 aliphatic carbocycles. The molecule has 0 atom stereocenters. The van der Waals surface area contributed by atoms with E-state index >= 15 is 0 Å². The quantitative estimate of drug-likeness (QED) is 0.487. The predicted octanol–water partition coefficient (Wildman–Crippen LogP) is 4.79. The number of amides is 1. The molecule has 0 saturated carbocycles. The van der Waals surface area contributed by atoms with Gasteiger partial charge in [-0.1, -0.05) is 74.5 Å². The van der Waals surface area contributed by atoms with Gasteiger partial charge in [0.1, 0.15) is 5.75 Å². The maximum absolute atomic E-state index is 12.2. The Bertz CT molecular complexity index is 933. The molecule has 0 fully saturated rings.